The van der Waals surface area contributed by atoms with Gasteiger partial charge in [-0.3, -0.25) is 9.59 Å². The zero-order chi connectivity index (χ0) is 24.3. The number of aldehydes is 1. The highest BCUT2D eigenvalue weighted by Crippen LogP contribution is 2.38. The first-order valence-corrected chi connectivity index (χ1v) is 11.0. The molecule has 1 atom stereocenters. The quantitative estimate of drug-likeness (QED) is 0.319. The molecule has 1 aromatic rings. The Bertz CT molecular complexity index is 977. The summed E-state index contributed by atoms with van der Waals surface area (Å²) in [6, 6.07) is 5.81. The van der Waals surface area contributed by atoms with Crippen LogP contribution in [0, 0.1) is 0 Å². The molecule has 1 aromatic carbocycles. The number of amides is 1. The fraction of sp³-hybridized carbons (Fsp3) is 0.385. The van der Waals surface area contributed by atoms with Crippen LogP contribution in [0.25, 0.3) is 0 Å². The molecular formula is C26H34ClN3O2. The van der Waals surface area contributed by atoms with E-state index in [2.05, 4.69) is 43.8 Å². The predicted octanol–water partition coefficient (Wildman–Crippen LogP) is 5.12. The number of hydrogen-bond acceptors (Lipinski definition) is 4. The summed E-state index contributed by atoms with van der Waals surface area (Å²) in [5.41, 5.74) is 3.09. The molecule has 2 rings (SSSR count). The van der Waals surface area contributed by atoms with E-state index in [1.54, 1.807) is 11.0 Å². The van der Waals surface area contributed by atoms with Crippen molar-refractivity contribution in [2.45, 2.75) is 38.3 Å². The van der Waals surface area contributed by atoms with Crippen LogP contribution in [-0.2, 0) is 10.3 Å². The third kappa shape index (κ3) is 4.89. The normalized spacial score (nSPS) is 19.4. The molecule has 0 aliphatic carbocycles. The third-order valence-electron chi connectivity index (χ3n) is 6.63. The summed E-state index contributed by atoms with van der Waals surface area (Å²) in [6.45, 7) is 18.5. The van der Waals surface area contributed by atoms with Gasteiger partial charge in [-0.2, -0.15) is 0 Å². The molecule has 0 bridgehead atoms. The van der Waals surface area contributed by atoms with Crippen molar-refractivity contribution in [3.05, 3.63) is 77.4 Å². The van der Waals surface area contributed by atoms with Gasteiger partial charge in [-0.05, 0) is 76.2 Å². The van der Waals surface area contributed by atoms with E-state index >= 15 is 0 Å². The van der Waals surface area contributed by atoms with Crippen molar-refractivity contribution in [3.63, 3.8) is 0 Å². The van der Waals surface area contributed by atoms with Crippen molar-refractivity contribution in [3.8, 4) is 0 Å². The van der Waals surface area contributed by atoms with Crippen LogP contribution in [-0.4, -0.2) is 54.7 Å². The molecule has 1 saturated heterocycles. The van der Waals surface area contributed by atoms with Gasteiger partial charge in [-0.25, -0.2) is 0 Å². The summed E-state index contributed by atoms with van der Waals surface area (Å²) in [6.07, 6.45) is 4.62. The van der Waals surface area contributed by atoms with Gasteiger partial charge in [0.15, 0.2) is 0 Å². The largest absolute Gasteiger partial charge is 0.374 e. The molecule has 172 valence electrons. The summed E-state index contributed by atoms with van der Waals surface area (Å²) in [5, 5.41) is 4.03. The molecular weight excluding hydrogens is 422 g/mol. The van der Waals surface area contributed by atoms with Gasteiger partial charge in [0.05, 0.1) is 5.54 Å². The molecule has 1 fully saturated rings. The Morgan fingerprint density at radius 1 is 1.28 bits per heavy atom. The van der Waals surface area contributed by atoms with Crippen molar-refractivity contribution in [2.75, 3.05) is 32.5 Å². The van der Waals surface area contributed by atoms with Crippen LogP contribution >= 0.6 is 11.6 Å². The van der Waals surface area contributed by atoms with Crippen molar-refractivity contribution >= 4 is 29.5 Å². The van der Waals surface area contributed by atoms with Gasteiger partial charge in [0.2, 0.25) is 5.91 Å². The number of hydrogen-bond donors (Lipinski definition) is 1. The molecule has 1 aliphatic heterocycles. The monoisotopic (exact) mass is 455 g/mol. The van der Waals surface area contributed by atoms with E-state index < -0.39 is 5.54 Å². The minimum atomic E-state index is -0.624. The summed E-state index contributed by atoms with van der Waals surface area (Å²) in [7, 11) is 3.98. The minimum absolute atomic E-state index is 0.129. The summed E-state index contributed by atoms with van der Waals surface area (Å²) < 4.78 is 0. The lowest BCUT2D eigenvalue weighted by Crippen LogP contribution is -2.44. The van der Waals surface area contributed by atoms with Crippen LogP contribution < -0.4 is 5.32 Å². The maximum atomic E-state index is 12.3. The molecule has 0 spiro atoms. The first kappa shape index (κ1) is 25.6. The maximum Gasteiger partial charge on any atom is 0.246 e. The number of rotatable bonds is 9. The number of nitrogens with one attached hydrogen (secondary N) is 1. The fourth-order valence-corrected chi connectivity index (χ4v) is 4.28. The molecule has 1 heterocycles. The molecule has 1 N–H and O–H groups in total. The molecule has 6 heteroatoms. The third-order valence-corrected chi connectivity index (χ3v) is 6.91. The van der Waals surface area contributed by atoms with E-state index in [1.165, 1.54) is 6.08 Å². The smallest absolute Gasteiger partial charge is 0.246 e. The molecule has 0 radical (unpaired) electrons. The highest BCUT2D eigenvalue weighted by atomic mass is 35.5. The number of likely N-dealkylation sites (tertiary alicyclic amines) is 1. The van der Waals surface area contributed by atoms with Crippen molar-refractivity contribution in [1.29, 1.82) is 0 Å². The predicted molar refractivity (Wildman–Crippen MR) is 134 cm³/mol. The standard InChI is InChI=1S/C26H34ClN3O2/c1-9-22(18(3)19(4)27)26(13-14-30(17-26)24(32)10-2)28-21-11-12-23(20(15-21)16-31)25(5,6)29(7)8/h9-12,15-16,28H,1-2,4,13-14,17H2,3,5-8H3/b22-18+. The van der Waals surface area contributed by atoms with Crippen LogP contribution in [0.15, 0.2) is 66.3 Å². The average Bonchev–Trinajstić information content (AvgIpc) is 3.17. The maximum absolute atomic E-state index is 12.3. The SMILES string of the molecule is C=CC(=O)N1CCC(Nc2ccc(C(C)(C)N(C)C)c(C=O)c2)(/C(C=C)=C(\C)C(=C)Cl)C1. The van der Waals surface area contributed by atoms with Gasteiger partial charge < -0.3 is 15.1 Å². The number of nitrogens with zero attached hydrogens (tertiary/aromatic N) is 2. The Hall–Kier alpha value is -2.63. The topological polar surface area (TPSA) is 52.7 Å². The molecule has 1 aliphatic rings. The Labute approximate surface area is 197 Å². The van der Waals surface area contributed by atoms with E-state index in [-0.39, 0.29) is 11.4 Å². The number of carbonyl (C=O) groups excluding carboxylic acids is 2. The Morgan fingerprint density at radius 3 is 2.44 bits per heavy atom. The number of allylic oxidation sites excluding steroid dienone is 2. The van der Waals surface area contributed by atoms with Crippen molar-refractivity contribution in [1.82, 2.24) is 9.80 Å². The lowest BCUT2D eigenvalue weighted by Gasteiger charge is -2.36. The molecule has 32 heavy (non-hydrogen) atoms. The first-order chi connectivity index (χ1) is 14.9. The second kappa shape index (κ2) is 9.88. The van der Waals surface area contributed by atoms with Crippen LogP contribution in [0.1, 0.15) is 43.1 Å². The lowest BCUT2D eigenvalue weighted by atomic mass is 9.84. The van der Waals surface area contributed by atoms with Crippen LogP contribution in [0.4, 0.5) is 5.69 Å². The highest BCUT2D eigenvalue weighted by Gasteiger charge is 2.42. The van der Waals surface area contributed by atoms with E-state index in [4.69, 9.17) is 11.6 Å². The van der Waals surface area contributed by atoms with Gasteiger partial charge in [0, 0.05) is 34.9 Å². The zero-order valence-corrected chi connectivity index (χ0v) is 20.6. The second-order valence-electron chi connectivity index (χ2n) is 8.94. The van der Waals surface area contributed by atoms with Gasteiger partial charge in [0.1, 0.15) is 6.29 Å². The van der Waals surface area contributed by atoms with Crippen LogP contribution in [0.5, 0.6) is 0 Å². The Kier molecular flexibility index (Phi) is 7.92. The average molecular weight is 456 g/mol. The van der Waals surface area contributed by atoms with Gasteiger partial charge in [-0.1, -0.05) is 43.5 Å². The minimum Gasteiger partial charge on any atom is -0.374 e. The van der Waals surface area contributed by atoms with Gasteiger partial charge in [0.25, 0.3) is 0 Å². The van der Waals surface area contributed by atoms with Crippen molar-refractivity contribution in [2.24, 2.45) is 0 Å². The number of carbonyl (C=O) groups is 2. The lowest BCUT2D eigenvalue weighted by molar-refractivity contribution is -0.125. The van der Waals surface area contributed by atoms with E-state index in [0.717, 1.165) is 28.7 Å². The number of benzene rings is 1. The van der Waals surface area contributed by atoms with Crippen LogP contribution in [0.2, 0.25) is 0 Å². The summed E-state index contributed by atoms with van der Waals surface area (Å²) in [4.78, 5) is 28.1. The van der Waals surface area contributed by atoms with E-state index in [1.807, 2.05) is 39.2 Å². The first-order valence-electron chi connectivity index (χ1n) is 10.6. The number of anilines is 1. The van der Waals surface area contributed by atoms with Gasteiger partial charge >= 0.3 is 0 Å². The van der Waals surface area contributed by atoms with Gasteiger partial charge in [-0.15, -0.1) is 0 Å². The molecule has 1 unspecified atom stereocenters. The fourth-order valence-electron chi connectivity index (χ4n) is 4.18. The summed E-state index contributed by atoms with van der Waals surface area (Å²) in [5.74, 6) is -0.129. The highest BCUT2D eigenvalue weighted by molar-refractivity contribution is 6.31. The van der Waals surface area contributed by atoms with E-state index in [0.29, 0.717) is 30.1 Å². The second-order valence-corrected chi connectivity index (χ2v) is 9.40. The van der Waals surface area contributed by atoms with Crippen molar-refractivity contribution < 1.29 is 9.59 Å². The summed E-state index contributed by atoms with van der Waals surface area (Å²) >= 11 is 6.24. The molecule has 1 amide bonds. The molecule has 0 aromatic heterocycles. The number of halogens is 1. The van der Waals surface area contributed by atoms with E-state index in [9.17, 15) is 9.59 Å². The Balaban J connectivity index is 2.59. The molecule has 0 saturated carbocycles. The van der Waals surface area contributed by atoms with Crippen LogP contribution in [0.3, 0.4) is 0 Å². The zero-order valence-electron chi connectivity index (χ0n) is 19.8. The molecule has 5 nitrogen and oxygen atoms in total. The Morgan fingerprint density at radius 2 is 1.94 bits per heavy atom.